The van der Waals surface area contributed by atoms with Crippen molar-refractivity contribution in [3.8, 4) is 0 Å². The van der Waals surface area contributed by atoms with E-state index in [1.54, 1.807) is 0 Å². The zero-order valence-corrected chi connectivity index (χ0v) is 44.7. The second-order valence-corrected chi connectivity index (χ2v) is 19.5. The van der Waals surface area contributed by atoms with Crippen LogP contribution < -0.4 is 5.32 Å². The third-order valence-electron chi connectivity index (χ3n) is 12.8. The van der Waals surface area contributed by atoms with Gasteiger partial charge >= 0.3 is 5.97 Å². The van der Waals surface area contributed by atoms with E-state index >= 15 is 0 Å². The number of unbranched alkanes of at least 4 members (excludes halogenated alkanes) is 30. The average molecular weight is 949 g/mol. The highest BCUT2D eigenvalue weighted by Gasteiger charge is 2.24. The van der Waals surface area contributed by atoms with Crippen molar-refractivity contribution in [3.63, 3.8) is 0 Å². The molecule has 0 aromatic heterocycles. The lowest BCUT2D eigenvalue weighted by molar-refractivity contribution is -0.151. The van der Waals surface area contributed by atoms with Crippen LogP contribution in [0.15, 0.2) is 85.1 Å². The second kappa shape index (κ2) is 55.0. The molecule has 0 bridgehead atoms. The maximum absolute atomic E-state index is 13.3. The Balaban J connectivity index is 4.67. The summed E-state index contributed by atoms with van der Waals surface area (Å²) in [7, 11) is 0. The summed E-state index contributed by atoms with van der Waals surface area (Å²) in [4.78, 5) is 26.3. The fraction of sp³-hybridized carbons (Fsp3) is 0.742. The lowest BCUT2D eigenvalue weighted by atomic mass is 10.0. The lowest BCUT2D eigenvalue weighted by Crippen LogP contribution is -2.46. The Morgan fingerprint density at radius 2 is 0.779 bits per heavy atom. The first-order valence-corrected chi connectivity index (χ1v) is 28.9. The number of allylic oxidation sites excluding steroid dienone is 14. The van der Waals surface area contributed by atoms with Gasteiger partial charge in [-0.05, 0) is 70.6 Å². The quantitative estimate of drug-likeness (QED) is 0.0321. The third-order valence-corrected chi connectivity index (χ3v) is 12.8. The minimum Gasteiger partial charge on any atom is -0.462 e. The van der Waals surface area contributed by atoms with E-state index in [-0.39, 0.29) is 24.9 Å². The summed E-state index contributed by atoms with van der Waals surface area (Å²) < 4.78 is 5.93. The normalized spacial score (nSPS) is 13.8. The van der Waals surface area contributed by atoms with Gasteiger partial charge in [0.2, 0.25) is 5.91 Å². The maximum Gasteiger partial charge on any atom is 0.306 e. The van der Waals surface area contributed by atoms with Crippen molar-refractivity contribution < 1.29 is 24.5 Å². The largest absolute Gasteiger partial charge is 0.462 e. The van der Waals surface area contributed by atoms with Crippen molar-refractivity contribution >= 4 is 11.9 Å². The van der Waals surface area contributed by atoms with Gasteiger partial charge in [-0.15, -0.1) is 0 Å². The molecule has 0 aliphatic carbocycles. The zero-order chi connectivity index (χ0) is 49.5. The van der Waals surface area contributed by atoms with Crippen LogP contribution in [0.25, 0.3) is 0 Å². The van der Waals surface area contributed by atoms with Gasteiger partial charge in [-0.1, -0.05) is 273 Å². The average Bonchev–Trinajstić information content (AvgIpc) is 3.33. The number of carbonyl (C=O) groups excluding carboxylic acids is 2. The molecule has 392 valence electrons. The first-order chi connectivity index (χ1) is 33.5. The number of rotatable bonds is 51. The van der Waals surface area contributed by atoms with Crippen LogP contribution in [0.1, 0.15) is 271 Å². The van der Waals surface area contributed by atoms with Crippen molar-refractivity contribution in [2.24, 2.45) is 0 Å². The van der Waals surface area contributed by atoms with Crippen LogP contribution in [0.3, 0.4) is 0 Å². The number of amides is 1. The highest BCUT2D eigenvalue weighted by Crippen LogP contribution is 2.18. The molecule has 3 N–H and O–H groups in total. The summed E-state index contributed by atoms with van der Waals surface area (Å²) in [6.45, 7) is 6.39. The highest BCUT2D eigenvalue weighted by atomic mass is 16.5. The van der Waals surface area contributed by atoms with E-state index in [4.69, 9.17) is 4.74 Å². The molecule has 0 aliphatic rings. The molecule has 6 nitrogen and oxygen atoms in total. The number of carbonyl (C=O) groups is 2. The molecule has 0 fully saturated rings. The number of esters is 1. The van der Waals surface area contributed by atoms with Gasteiger partial charge in [0.15, 0.2) is 0 Å². The van der Waals surface area contributed by atoms with E-state index in [9.17, 15) is 19.8 Å². The molecule has 6 heteroatoms. The summed E-state index contributed by atoms with van der Waals surface area (Å²) in [6.07, 6.45) is 72.1. The Hall–Kier alpha value is -2.96. The van der Waals surface area contributed by atoms with Crippen molar-refractivity contribution in [1.29, 1.82) is 0 Å². The highest BCUT2D eigenvalue weighted by molar-refractivity contribution is 5.77. The zero-order valence-electron chi connectivity index (χ0n) is 44.7. The topological polar surface area (TPSA) is 95.9 Å². The Labute approximate surface area is 421 Å². The number of nitrogens with one attached hydrogen (secondary N) is 1. The molecule has 0 aliphatic heterocycles. The van der Waals surface area contributed by atoms with Gasteiger partial charge in [0.1, 0.15) is 6.10 Å². The summed E-state index contributed by atoms with van der Waals surface area (Å²) >= 11 is 0. The fourth-order valence-electron chi connectivity index (χ4n) is 8.45. The first-order valence-electron chi connectivity index (χ1n) is 28.9. The molecule has 0 saturated heterocycles. The minimum absolute atomic E-state index is 0.0355. The first kappa shape index (κ1) is 65.0. The standard InChI is InChI=1S/C62H109NO5/c1-4-7-10-13-16-19-22-25-28-31-33-36-39-42-45-48-51-54-60(65)59(57-64)63-61(66)56-58(53-50-47-44-41-38-35-32-29-26-23-20-17-14-11-8-5-2)68-62(67)55-52-49-46-43-40-37-34-30-27-24-21-18-15-12-9-6-3/h11,14,17,20,23,26,29-30,32,34-35,37-38,40,58-60,64-65H,4-10,12-13,15-16,18-19,21-22,24-25,27-28,31,33,36,39,41-57H2,1-3H3,(H,63,66)/b14-11+,20-17+,26-23+,32-29+,34-30+,38-35+,40-37+. The van der Waals surface area contributed by atoms with Crippen LogP contribution >= 0.6 is 0 Å². The number of hydrogen-bond donors (Lipinski definition) is 3. The van der Waals surface area contributed by atoms with E-state index in [1.165, 1.54) is 141 Å². The Kier molecular flexibility index (Phi) is 52.6. The number of aliphatic hydroxyl groups excluding tert-OH is 2. The van der Waals surface area contributed by atoms with Gasteiger partial charge in [0, 0.05) is 6.42 Å². The molecule has 1 amide bonds. The molecular weight excluding hydrogens is 839 g/mol. The van der Waals surface area contributed by atoms with Gasteiger partial charge in [0.25, 0.3) is 0 Å². The van der Waals surface area contributed by atoms with Crippen LogP contribution in [0.5, 0.6) is 0 Å². The van der Waals surface area contributed by atoms with Gasteiger partial charge in [-0.3, -0.25) is 9.59 Å². The Bertz CT molecular complexity index is 1290. The molecule has 0 saturated carbocycles. The smallest absolute Gasteiger partial charge is 0.306 e. The minimum atomic E-state index is -0.810. The maximum atomic E-state index is 13.3. The van der Waals surface area contributed by atoms with Crippen molar-refractivity contribution in [2.75, 3.05) is 6.61 Å². The molecule has 3 atom stereocenters. The van der Waals surface area contributed by atoms with E-state index in [0.717, 1.165) is 83.5 Å². The van der Waals surface area contributed by atoms with Crippen LogP contribution in [0.4, 0.5) is 0 Å². The van der Waals surface area contributed by atoms with E-state index in [2.05, 4.69) is 74.7 Å². The van der Waals surface area contributed by atoms with Crippen molar-refractivity contribution in [1.82, 2.24) is 5.32 Å². The third kappa shape index (κ3) is 49.5. The van der Waals surface area contributed by atoms with Gasteiger partial charge in [0.05, 0.1) is 25.2 Å². The number of aliphatic hydroxyl groups is 2. The van der Waals surface area contributed by atoms with Crippen molar-refractivity contribution in [3.05, 3.63) is 85.1 Å². The molecule has 0 heterocycles. The molecule has 68 heavy (non-hydrogen) atoms. The summed E-state index contributed by atoms with van der Waals surface area (Å²) in [6, 6.07) is -0.727. The molecule has 0 aromatic carbocycles. The monoisotopic (exact) mass is 948 g/mol. The predicted molar refractivity (Wildman–Crippen MR) is 296 cm³/mol. The fourth-order valence-corrected chi connectivity index (χ4v) is 8.45. The van der Waals surface area contributed by atoms with Crippen LogP contribution in [-0.2, 0) is 14.3 Å². The number of hydrogen-bond acceptors (Lipinski definition) is 5. The van der Waals surface area contributed by atoms with E-state index in [0.29, 0.717) is 19.3 Å². The summed E-state index contributed by atoms with van der Waals surface area (Å²) in [5.74, 6) is -0.546. The van der Waals surface area contributed by atoms with Crippen LogP contribution in [0.2, 0.25) is 0 Å². The van der Waals surface area contributed by atoms with Gasteiger partial charge in [-0.25, -0.2) is 0 Å². The summed E-state index contributed by atoms with van der Waals surface area (Å²) in [5, 5.41) is 23.9. The Morgan fingerprint density at radius 3 is 1.22 bits per heavy atom. The second-order valence-electron chi connectivity index (χ2n) is 19.5. The van der Waals surface area contributed by atoms with Gasteiger partial charge < -0.3 is 20.3 Å². The lowest BCUT2D eigenvalue weighted by Gasteiger charge is -2.24. The van der Waals surface area contributed by atoms with E-state index in [1.807, 2.05) is 36.5 Å². The molecule has 0 rings (SSSR count). The SMILES string of the molecule is CCC/C=C/C=C/C=C/C=C/C=C/CCCCCC(CC(=O)NC(CO)C(O)CCCCCCCCCCCCCCCCCCC)OC(=O)CCCCC/C=C/C=C/CCCCCCCCC. The molecule has 0 spiro atoms. The van der Waals surface area contributed by atoms with Gasteiger partial charge in [-0.2, -0.15) is 0 Å². The Morgan fingerprint density at radius 1 is 0.426 bits per heavy atom. The molecule has 0 radical (unpaired) electrons. The van der Waals surface area contributed by atoms with Crippen LogP contribution in [-0.4, -0.2) is 46.9 Å². The summed E-state index contributed by atoms with van der Waals surface area (Å²) in [5.41, 5.74) is 0. The molecular formula is C62H109NO5. The molecule has 3 unspecified atom stereocenters. The van der Waals surface area contributed by atoms with E-state index < -0.39 is 18.2 Å². The predicted octanol–water partition coefficient (Wildman–Crippen LogP) is 17.9. The molecule has 0 aromatic rings. The van der Waals surface area contributed by atoms with Crippen LogP contribution in [0, 0.1) is 0 Å². The van der Waals surface area contributed by atoms with Crippen molar-refractivity contribution in [2.45, 2.75) is 289 Å². The number of ether oxygens (including phenoxy) is 1.